The van der Waals surface area contributed by atoms with Gasteiger partial charge in [0.1, 0.15) is 29.2 Å². The van der Waals surface area contributed by atoms with E-state index in [1.54, 1.807) is 18.2 Å². The summed E-state index contributed by atoms with van der Waals surface area (Å²) in [6.45, 7) is 0.0445. The van der Waals surface area contributed by atoms with Gasteiger partial charge < -0.3 is 18.9 Å². The molecule has 0 aliphatic carbocycles. The van der Waals surface area contributed by atoms with E-state index in [-0.39, 0.29) is 24.8 Å². The van der Waals surface area contributed by atoms with Crippen LogP contribution < -0.4 is 9.47 Å². The minimum Gasteiger partial charge on any atom is -0.497 e. The molecule has 156 valence electrons. The highest BCUT2D eigenvalue weighted by Gasteiger charge is 2.36. The van der Waals surface area contributed by atoms with Crippen LogP contribution in [0.3, 0.4) is 0 Å². The van der Waals surface area contributed by atoms with E-state index in [1.807, 2.05) is 0 Å². The second-order valence-electron chi connectivity index (χ2n) is 6.91. The van der Waals surface area contributed by atoms with E-state index in [0.717, 1.165) is 6.07 Å². The van der Waals surface area contributed by atoms with Gasteiger partial charge in [-0.3, -0.25) is 4.79 Å². The molecule has 0 radical (unpaired) electrons. The number of amides is 1. The van der Waals surface area contributed by atoms with E-state index >= 15 is 0 Å². The molecule has 3 aromatic rings. The molecule has 1 aliphatic rings. The smallest absolute Gasteiger partial charge is 0.249 e. The molecule has 7 nitrogen and oxygen atoms in total. The molecule has 1 atom stereocenters. The minimum absolute atomic E-state index is 0.0445. The lowest BCUT2D eigenvalue weighted by atomic mass is 10.1. The summed E-state index contributed by atoms with van der Waals surface area (Å²) in [6.07, 6.45) is 0.757. The zero-order valence-electron chi connectivity index (χ0n) is 16.4. The molecular formula is C21H19F2N3O4. The Balaban J connectivity index is 1.61. The number of likely N-dealkylation sites (tertiary alicyclic amines) is 1. The number of hydrogen-bond donors (Lipinski definition) is 0. The number of methoxy groups -OCH3 is 2. The van der Waals surface area contributed by atoms with Crippen LogP contribution in [0.1, 0.15) is 30.3 Å². The summed E-state index contributed by atoms with van der Waals surface area (Å²) in [5.74, 6) is 0.184. The number of nitrogens with zero attached hydrogens (tertiary/aromatic N) is 3. The Morgan fingerprint density at radius 3 is 2.37 bits per heavy atom. The van der Waals surface area contributed by atoms with Crippen LogP contribution in [0.4, 0.5) is 8.78 Å². The highest BCUT2D eigenvalue weighted by atomic mass is 19.1. The van der Waals surface area contributed by atoms with Crippen molar-refractivity contribution in [2.75, 3.05) is 14.2 Å². The van der Waals surface area contributed by atoms with Crippen LogP contribution in [0.2, 0.25) is 0 Å². The molecule has 1 amide bonds. The van der Waals surface area contributed by atoms with Crippen molar-refractivity contribution < 1.29 is 27.6 Å². The maximum absolute atomic E-state index is 13.5. The molecule has 1 saturated heterocycles. The average Bonchev–Trinajstić information content (AvgIpc) is 3.34. The fourth-order valence-electron chi connectivity index (χ4n) is 3.51. The van der Waals surface area contributed by atoms with Gasteiger partial charge in [0.2, 0.25) is 17.6 Å². The molecule has 1 aromatic heterocycles. The molecule has 9 heteroatoms. The Morgan fingerprint density at radius 1 is 1.07 bits per heavy atom. The van der Waals surface area contributed by atoms with Crippen LogP contribution in [0.15, 0.2) is 40.9 Å². The number of carbonyl (C=O) groups excluding carboxylic acids is 1. The molecule has 1 aliphatic heterocycles. The summed E-state index contributed by atoms with van der Waals surface area (Å²) in [4.78, 5) is 18.3. The van der Waals surface area contributed by atoms with Crippen molar-refractivity contribution in [3.05, 3.63) is 59.5 Å². The summed E-state index contributed by atoms with van der Waals surface area (Å²) >= 11 is 0. The first-order valence-electron chi connectivity index (χ1n) is 9.28. The van der Waals surface area contributed by atoms with Crippen molar-refractivity contribution >= 4 is 5.91 Å². The van der Waals surface area contributed by atoms with E-state index in [4.69, 9.17) is 14.0 Å². The third kappa shape index (κ3) is 3.96. The Kier molecular flexibility index (Phi) is 5.35. The Hall–Kier alpha value is -3.49. The molecule has 2 aromatic carbocycles. The summed E-state index contributed by atoms with van der Waals surface area (Å²) in [5, 5.41) is 4.02. The van der Waals surface area contributed by atoms with Crippen molar-refractivity contribution in [2.45, 2.75) is 25.4 Å². The highest BCUT2D eigenvalue weighted by Crippen LogP contribution is 2.35. The van der Waals surface area contributed by atoms with Crippen molar-refractivity contribution in [2.24, 2.45) is 0 Å². The average molecular weight is 415 g/mol. The summed E-state index contributed by atoms with van der Waals surface area (Å²) in [7, 11) is 3.08. The largest absolute Gasteiger partial charge is 0.497 e. The van der Waals surface area contributed by atoms with Crippen LogP contribution >= 0.6 is 0 Å². The molecule has 0 bridgehead atoms. The summed E-state index contributed by atoms with van der Waals surface area (Å²) in [6, 6.07) is 7.92. The first-order valence-corrected chi connectivity index (χ1v) is 9.28. The van der Waals surface area contributed by atoms with Gasteiger partial charge in [0.25, 0.3) is 0 Å². The van der Waals surface area contributed by atoms with Crippen LogP contribution in [0.5, 0.6) is 11.5 Å². The van der Waals surface area contributed by atoms with Gasteiger partial charge in [0.15, 0.2) is 0 Å². The van der Waals surface area contributed by atoms with Crippen LogP contribution in [0, 0.1) is 11.6 Å². The molecule has 30 heavy (non-hydrogen) atoms. The minimum atomic E-state index is -0.694. The first-order chi connectivity index (χ1) is 14.5. The van der Waals surface area contributed by atoms with Crippen LogP contribution in [-0.4, -0.2) is 35.2 Å². The fraction of sp³-hybridized carbons (Fsp3) is 0.286. The van der Waals surface area contributed by atoms with Gasteiger partial charge in [-0.2, -0.15) is 4.98 Å². The van der Waals surface area contributed by atoms with Gasteiger partial charge in [0.05, 0.1) is 14.2 Å². The number of halogens is 2. The van der Waals surface area contributed by atoms with E-state index in [1.165, 1.54) is 31.3 Å². The van der Waals surface area contributed by atoms with Crippen LogP contribution in [-0.2, 0) is 11.3 Å². The van der Waals surface area contributed by atoms with Crippen molar-refractivity contribution in [1.29, 1.82) is 0 Å². The third-order valence-electron chi connectivity index (χ3n) is 4.94. The second-order valence-corrected chi connectivity index (χ2v) is 6.91. The number of aromatic nitrogens is 2. The normalized spacial score (nSPS) is 16.2. The van der Waals surface area contributed by atoms with Crippen LogP contribution in [0.25, 0.3) is 11.4 Å². The van der Waals surface area contributed by atoms with E-state index in [9.17, 15) is 13.6 Å². The van der Waals surface area contributed by atoms with E-state index in [0.29, 0.717) is 34.9 Å². The zero-order valence-corrected chi connectivity index (χ0v) is 16.4. The maximum atomic E-state index is 13.5. The monoisotopic (exact) mass is 415 g/mol. The topological polar surface area (TPSA) is 77.7 Å². The molecular weight excluding hydrogens is 396 g/mol. The van der Waals surface area contributed by atoms with Gasteiger partial charge in [-0.05, 0) is 36.2 Å². The number of benzene rings is 2. The summed E-state index contributed by atoms with van der Waals surface area (Å²) in [5.41, 5.74) is 0.981. The fourth-order valence-corrected chi connectivity index (χ4v) is 3.51. The Labute approximate surface area is 171 Å². The Morgan fingerprint density at radius 2 is 1.73 bits per heavy atom. The van der Waals surface area contributed by atoms with Gasteiger partial charge in [-0.15, -0.1) is 0 Å². The Bertz CT molecular complexity index is 1040. The molecule has 0 spiro atoms. The predicted molar refractivity (Wildman–Crippen MR) is 102 cm³/mol. The molecule has 0 N–H and O–H groups in total. The first kappa shape index (κ1) is 19.8. The molecule has 0 saturated carbocycles. The molecule has 1 unspecified atom stereocenters. The molecule has 2 heterocycles. The standard InChI is InChI=1S/C21H19F2N3O4/c1-28-16-7-13(8-17(10-16)29-2)20-24-21(30-25-20)18-3-4-19(27)26(18)11-12-5-14(22)9-15(23)6-12/h5-10,18H,3-4,11H2,1-2H3. The van der Waals surface area contributed by atoms with Gasteiger partial charge in [-0.25, -0.2) is 8.78 Å². The number of rotatable bonds is 6. The number of carbonyl (C=O) groups is 1. The number of hydrogen-bond acceptors (Lipinski definition) is 6. The predicted octanol–water partition coefficient (Wildman–Crippen LogP) is 3.90. The number of ether oxygens (including phenoxy) is 2. The lowest BCUT2D eigenvalue weighted by Gasteiger charge is -2.22. The van der Waals surface area contributed by atoms with Crippen molar-refractivity contribution in [3.8, 4) is 22.9 Å². The van der Waals surface area contributed by atoms with E-state index < -0.39 is 17.7 Å². The maximum Gasteiger partial charge on any atom is 0.249 e. The van der Waals surface area contributed by atoms with Crippen molar-refractivity contribution in [1.82, 2.24) is 15.0 Å². The lowest BCUT2D eigenvalue weighted by molar-refractivity contribution is -0.130. The van der Waals surface area contributed by atoms with Gasteiger partial charge >= 0.3 is 0 Å². The van der Waals surface area contributed by atoms with E-state index in [2.05, 4.69) is 10.1 Å². The SMILES string of the molecule is COc1cc(OC)cc(-c2noc(C3CCC(=O)N3Cc3cc(F)cc(F)c3)n2)c1. The van der Waals surface area contributed by atoms with Gasteiger partial charge in [0, 0.05) is 30.7 Å². The molecule has 1 fully saturated rings. The zero-order chi connectivity index (χ0) is 21.3. The summed E-state index contributed by atoms with van der Waals surface area (Å²) < 4.78 is 43.0. The lowest BCUT2D eigenvalue weighted by Crippen LogP contribution is -2.27. The second kappa shape index (κ2) is 8.10. The third-order valence-corrected chi connectivity index (χ3v) is 4.94. The quantitative estimate of drug-likeness (QED) is 0.608. The van der Waals surface area contributed by atoms with Gasteiger partial charge in [-0.1, -0.05) is 5.16 Å². The molecule has 4 rings (SSSR count). The van der Waals surface area contributed by atoms with Crippen molar-refractivity contribution in [3.63, 3.8) is 0 Å². The highest BCUT2D eigenvalue weighted by molar-refractivity contribution is 5.78.